The Morgan fingerprint density at radius 2 is 2.07 bits per heavy atom. The first-order valence-corrected chi connectivity index (χ1v) is 12.9. The zero-order chi connectivity index (χ0) is 29.3. The van der Waals surface area contributed by atoms with Crippen LogP contribution in [0.5, 0.6) is 11.5 Å². The van der Waals surface area contributed by atoms with E-state index in [0.29, 0.717) is 23.6 Å². The van der Waals surface area contributed by atoms with Gasteiger partial charge in [0.15, 0.2) is 17.2 Å². The minimum atomic E-state index is -4.57. The Labute approximate surface area is 238 Å². The van der Waals surface area contributed by atoms with Gasteiger partial charge in [-0.1, -0.05) is 11.6 Å². The molecule has 4 heterocycles. The number of fused-ring (bicyclic) bond motifs is 1. The van der Waals surface area contributed by atoms with Gasteiger partial charge in [0, 0.05) is 45.1 Å². The summed E-state index contributed by atoms with van der Waals surface area (Å²) in [6, 6.07) is 3.49. The third-order valence-electron chi connectivity index (χ3n) is 6.52. The SMILES string of the molecule is CNC1=CN/C(=C(\C=N)Oc2cnc3nc(Nc4cc(O[C@H]5CCN(C)C5)cc(C(F)(F)F)c4)n(C)c3c2Cl)C=N1. The lowest BCUT2D eigenvalue weighted by molar-refractivity contribution is -0.137. The molecule has 2 aromatic heterocycles. The molecule has 0 saturated carbocycles. The number of ether oxygens (including phenoxy) is 2. The number of imidazole rings is 1. The van der Waals surface area contributed by atoms with Gasteiger partial charge in [0.2, 0.25) is 5.95 Å². The predicted molar refractivity (Wildman–Crippen MR) is 150 cm³/mol. The standard InChI is InChI=1S/C26H27ClF3N9O2/c1-32-21-12-33-18(10-34-21)19(9-31)41-20-11-35-24-23(22(20)27)39(3)25(37-24)36-15-6-14(26(28,29)30)7-17(8-15)40-16-4-5-38(2)13-16/h6-12,16,31-33H,4-5,13H2,1-3H3,(H,35,36,37)/b19-18+,31-9?/t16-/m0/s1. The highest BCUT2D eigenvalue weighted by Crippen LogP contribution is 2.37. The second-order valence-corrected chi connectivity index (χ2v) is 9.85. The van der Waals surface area contributed by atoms with E-state index in [4.69, 9.17) is 26.5 Å². The molecule has 0 aliphatic carbocycles. The van der Waals surface area contributed by atoms with Crippen molar-refractivity contribution in [3.63, 3.8) is 0 Å². The second kappa shape index (κ2) is 11.3. The van der Waals surface area contributed by atoms with Crippen LogP contribution >= 0.6 is 11.6 Å². The molecule has 15 heteroatoms. The van der Waals surface area contributed by atoms with Gasteiger partial charge >= 0.3 is 6.18 Å². The highest BCUT2D eigenvalue weighted by molar-refractivity contribution is 6.36. The molecule has 2 aliphatic rings. The van der Waals surface area contributed by atoms with Gasteiger partial charge in [-0.25, -0.2) is 9.98 Å². The number of hydrogen-bond donors (Lipinski definition) is 4. The first-order chi connectivity index (χ1) is 19.5. The van der Waals surface area contributed by atoms with Gasteiger partial charge in [-0.2, -0.15) is 18.2 Å². The third kappa shape index (κ3) is 6.07. The number of likely N-dealkylation sites (N-methyl/N-ethyl adjacent to an activating group) is 1. The van der Waals surface area contributed by atoms with Crippen molar-refractivity contribution in [3.05, 3.63) is 58.5 Å². The molecule has 5 rings (SSSR count). The van der Waals surface area contributed by atoms with Crippen LogP contribution in [-0.4, -0.2) is 65.2 Å². The number of hydrogen-bond acceptors (Lipinski definition) is 10. The summed E-state index contributed by atoms with van der Waals surface area (Å²) >= 11 is 6.67. The third-order valence-corrected chi connectivity index (χ3v) is 6.88. The van der Waals surface area contributed by atoms with Gasteiger partial charge in [0.05, 0.1) is 24.2 Å². The molecule has 1 atom stereocenters. The van der Waals surface area contributed by atoms with E-state index in [2.05, 4.69) is 35.8 Å². The van der Waals surface area contributed by atoms with Crippen molar-refractivity contribution in [3.8, 4) is 11.5 Å². The highest BCUT2D eigenvalue weighted by Gasteiger charge is 2.32. The van der Waals surface area contributed by atoms with Gasteiger partial charge < -0.3 is 40.3 Å². The zero-order valence-electron chi connectivity index (χ0n) is 22.3. The first kappa shape index (κ1) is 28.2. The summed E-state index contributed by atoms with van der Waals surface area (Å²) in [6.45, 7) is 1.44. The summed E-state index contributed by atoms with van der Waals surface area (Å²) in [4.78, 5) is 15.0. The topological polar surface area (TPSA) is 125 Å². The number of alkyl halides is 3. The second-order valence-electron chi connectivity index (χ2n) is 9.47. The fraction of sp³-hybridized carbons (Fsp3) is 0.308. The van der Waals surface area contributed by atoms with E-state index in [0.717, 1.165) is 31.3 Å². The Bertz CT molecular complexity index is 1580. The molecule has 0 radical (unpaired) electrons. The molecule has 0 spiro atoms. The lowest BCUT2D eigenvalue weighted by Crippen LogP contribution is -2.21. The molecular formula is C26H27ClF3N9O2. The lowest BCUT2D eigenvalue weighted by Gasteiger charge is -2.17. The lowest BCUT2D eigenvalue weighted by atomic mass is 10.1. The van der Waals surface area contributed by atoms with Crippen LogP contribution in [0.25, 0.3) is 11.2 Å². The monoisotopic (exact) mass is 589 g/mol. The van der Waals surface area contributed by atoms with Crippen LogP contribution in [0.4, 0.5) is 24.8 Å². The van der Waals surface area contributed by atoms with Gasteiger partial charge in [-0.15, -0.1) is 0 Å². The molecule has 0 amide bonds. The molecule has 11 nitrogen and oxygen atoms in total. The Balaban J connectivity index is 1.44. The van der Waals surface area contributed by atoms with E-state index >= 15 is 0 Å². The molecule has 1 aromatic carbocycles. The molecule has 4 N–H and O–H groups in total. The number of likely N-dealkylation sites (tertiary alicyclic amines) is 1. The van der Waals surface area contributed by atoms with Crippen LogP contribution < -0.4 is 25.4 Å². The number of halogens is 4. The molecule has 2 aliphatic heterocycles. The van der Waals surface area contributed by atoms with Crippen molar-refractivity contribution in [1.82, 2.24) is 30.1 Å². The van der Waals surface area contributed by atoms with Crippen molar-refractivity contribution in [2.75, 3.05) is 32.5 Å². The van der Waals surface area contributed by atoms with Crippen LogP contribution in [0.15, 0.2) is 52.9 Å². The number of nitrogens with one attached hydrogen (secondary N) is 4. The summed E-state index contributed by atoms with van der Waals surface area (Å²) < 4.78 is 54.5. The number of allylic oxidation sites excluding steroid dienone is 2. The van der Waals surface area contributed by atoms with E-state index in [1.165, 1.54) is 18.5 Å². The Kier molecular flexibility index (Phi) is 7.78. The largest absolute Gasteiger partial charge is 0.489 e. The number of pyridine rings is 1. The number of nitrogens with zero attached hydrogens (tertiary/aromatic N) is 5. The number of benzene rings is 1. The molecule has 1 saturated heterocycles. The molecular weight excluding hydrogens is 563 g/mol. The number of aryl methyl sites for hydroxylation is 1. The molecule has 0 unspecified atom stereocenters. The summed E-state index contributed by atoms with van der Waals surface area (Å²) in [6.07, 6.45) is 1.41. The zero-order valence-corrected chi connectivity index (χ0v) is 23.1. The summed E-state index contributed by atoms with van der Waals surface area (Å²) in [7, 11) is 5.30. The fourth-order valence-electron chi connectivity index (χ4n) is 4.42. The van der Waals surface area contributed by atoms with E-state index in [1.807, 2.05) is 7.05 Å². The number of aromatic nitrogens is 3. The minimum Gasteiger partial charge on any atom is -0.489 e. The normalized spacial score (nSPS) is 18.6. The maximum atomic E-state index is 13.7. The molecule has 41 heavy (non-hydrogen) atoms. The maximum absolute atomic E-state index is 13.7. The summed E-state index contributed by atoms with van der Waals surface area (Å²) in [5.41, 5.74) is 0.334. The fourth-order valence-corrected chi connectivity index (χ4v) is 4.72. The van der Waals surface area contributed by atoms with Crippen LogP contribution in [0.1, 0.15) is 12.0 Å². The van der Waals surface area contributed by atoms with Crippen molar-refractivity contribution < 1.29 is 22.6 Å². The predicted octanol–water partition coefficient (Wildman–Crippen LogP) is 4.40. The molecule has 3 aromatic rings. The molecule has 1 fully saturated rings. The average Bonchev–Trinajstić information content (AvgIpc) is 3.49. The number of anilines is 2. The first-order valence-electron chi connectivity index (χ1n) is 12.5. The van der Waals surface area contributed by atoms with Gasteiger partial charge in [0.1, 0.15) is 33.9 Å². The Hall–Kier alpha value is -4.30. The maximum Gasteiger partial charge on any atom is 0.416 e. The average molecular weight is 590 g/mol. The van der Waals surface area contributed by atoms with Crippen LogP contribution in [-0.2, 0) is 13.2 Å². The van der Waals surface area contributed by atoms with Gasteiger partial charge in [0.25, 0.3) is 0 Å². The van der Waals surface area contributed by atoms with Crippen LogP contribution in [0.3, 0.4) is 0 Å². The summed E-state index contributed by atoms with van der Waals surface area (Å²) in [5.74, 6) is 1.19. The molecule has 0 bridgehead atoms. The van der Waals surface area contributed by atoms with Gasteiger partial charge in [-0.05, 0) is 25.6 Å². The smallest absolute Gasteiger partial charge is 0.416 e. The van der Waals surface area contributed by atoms with Crippen molar-refractivity contribution in [1.29, 1.82) is 5.41 Å². The molecule has 216 valence electrons. The van der Waals surface area contributed by atoms with E-state index in [1.54, 1.807) is 24.9 Å². The quantitative estimate of drug-likeness (QED) is 0.225. The van der Waals surface area contributed by atoms with Crippen molar-refractivity contribution in [2.45, 2.75) is 18.7 Å². The van der Waals surface area contributed by atoms with E-state index < -0.39 is 11.7 Å². The highest BCUT2D eigenvalue weighted by atomic mass is 35.5. The van der Waals surface area contributed by atoms with E-state index in [-0.39, 0.29) is 45.7 Å². The van der Waals surface area contributed by atoms with Gasteiger partial charge in [-0.3, -0.25) is 0 Å². The van der Waals surface area contributed by atoms with Crippen molar-refractivity contribution in [2.24, 2.45) is 12.0 Å². The minimum absolute atomic E-state index is 0.108. The Morgan fingerprint density at radius 1 is 1.27 bits per heavy atom. The summed E-state index contributed by atoms with van der Waals surface area (Å²) in [5, 5.41) is 16.7. The number of rotatable bonds is 8. The Morgan fingerprint density at radius 3 is 2.71 bits per heavy atom. The number of aliphatic imine (C=N–C) groups is 1. The van der Waals surface area contributed by atoms with E-state index in [9.17, 15) is 13.2 Å². The van der Waals surface area contributed by atoms with Crippen LogP contribution in [0, 0.1) is 5.41 Å². The van der Waals surface area contributed by atoms with Crippen molar-refractivity contribution >= 4 is 46.8 Å². The van der Waals surface area contributed by atoms with Crippen LogP contribution in [0.2, 0.25) is 5.02 Å².